The van der Waals surface area contributed by atoms with Crippen molar-refractivity contribution < 1.29 is 9.59 Å². The number of benzene rings is 3. The van der Waals surface area contributed by atoms with Crippen LogP contribution in [-0.4, -0.2) is 34.6 Å². The molecule has 0 aliphatic rings. The van der Waals surface area contributed by atoms with Gasteiger partial charge in [0.05, 0.1) is 5.75 Å². The second-order valence-corrected chi connectivity index (χ2v) is 10.4. The predicted molar refractivity (Wildman–Crippen MR) is 147 cm³/mol. The average Bonchev–Trinajstić information content (AvgIpc) is 2.82. The van der Waals surface area contributed by atoms with Crippen molar-refractivity contribution in [2.24, 2.45) is 0 Å². The van der Waals surface area contributed by atoms with Gasteiger partial charge in [-0.05, 0) is 48.7 Å². The van der Waals surface area contributed by atoms with E-state index in [0.717, 1.165) is 16.7 Å². The first-order chi connectivity index (χ1) is 16.8. The summed E-state index contributed by atoms with van der Waals surface area (Å²) in [5.41, 5.74) is 2.84. The van der Waals surface area contributed by atoms with E-state index in [1.807, 2.05) is 86.6 Å². The Morgan fingerprint density at radius 3 is 2.29 bits per heavy atom. The second kappa shape index (κ2) is 13.6. The highest BCUT2D eigenvalue weighted by Crippen LogP contribution is 2.23. The van der Waals surface area contributed by atoms with E-state index in [9.17, 15) is 9.59 Å². The molecule has 3 aromatic carbocycles. The van der Waals surface area contributed by atoms with Crippen LogP contribution >= 0.6 is 35.0 Å². The predicted octanol–water partition coefficient (Wildman–Crippen LogP) is 6.39. The van der Waals surface area contributed by atoms with Gasteiger partial charge in [-0.25, -0.2) is 0 Å². The van der Waals surface area contributed by atoms with Crippen LogP contribution < -0.4 is 5.32 Å². The average molecular weight is 530 g/mol. The largest absolute Gasteiger partial charge is 0.352 e. The molecule has 0 aliphatic carbocycles. The van der Waals surface area contributed by atoms with Crippen molar-refractivity contribution in [2.45, 2.75) is 44.6 Å². The molecule has 184 valence electrons. The van der Waals surface area contributed by atoms with E-state index in [0.29, 0.717) is 22.2 Å². The van der Waals surface area contributed by atoms with Crippen LogP contribution in [0.5, 0.6) is 0 Å². The lowest BCUT2D eigenvalue weighted by molar-refractivity contribution is -0.139. The highest BCUT2D eigenvalue weighted by molar-refractivity contribution is 7.99. The molecule has 0 unspecified atom stereocenters. The molecular weight excluding hydrogens is 499 g/mol. The third-order valence-corrected chi connectivity index (χ3v) is 6.95. The molecule has 7 heteroatoms. The van der Waals surface area contributed by atoms with Gasteiger partial charge in [0.15, 0.2) is 0 Å². The van der Waals surface area contributed by atoms with Crippen molar-refractivity contribution in [2.75, 3.05) is 5.75 Å². The van der Waals surface area contributed by atoms with Crippen molar-refractivity contribution in [1.82, 2.24) is 10.2 Å². The fraction of sp³-hybridized carbons (Fsp3) is 0.286. The van der Waals surface area contributed by atoms with Crippen molar-refractivity contribution in [1.29, 1.82) is 0 Å². The zero-order chi connectivity index (χ0) is 25.2. The minimum atomic E-state index is -0.660. The van der Waals surface area contributed by atoms with Gasteiger partial charge < -0.3 is 10.2 Å². The molecule has 2 amide bonds. The summed E-state index contributed by atoms with van der Waals surface area (Å²) in [6, 6.07) is 24.1. The second-order valence-electron chi connectivity index (χ2n) is 8.60. The third kappa shape index (κ3) is 8.60. The zero-order valence-electron chi connectivity index (χ0n) is 19.9. The minimum absolute atomic E-state index is 0.0431. The quantitative estimate of drug-likeness (QED) is 0.313. The van der Waals surface area contributed by atoms with Crippen molar-refractivity contribution >= 4 is 46.8 Å². The Morgan fingerprint density at radius 1 is 0.914 bits per heavy atom. The van der Waals surface area contributed by atoms with Gasteiger partial charge in [0.25, 0.3) is 0 Å². The number of carbonyl (C=O) groups excluding carboxylic acids is 2. The molecule has 0 heterocycles. The number of hydrogen-bond donors (Lipinski definition) is 1. The maximum Gasteiger partial charge on any atom is 0.243 e. The van der Waals surface area contributed by atoms with Crippen LogP contribution in [-0.2, 0) is 28.3 Å². The Bertz CT molecular complexity index is 1120. The van der Waals surface area contributed by atoms with Gasteiger partial charge in [0, 0.05) is 34.8 Å². The number of amides is 2. The van der Waals surface area contributed by atoms with Gasteiger partial charge in [-0.1, -0.05) is 83.9 Å². The molecule has 0 aliphatic heterocycles. The number of hydrogen-bond acceptors (Lipinski definition) is 3. The summed E-state index contributed by atoms with van der Waals surface area (Å²) in [5.74, 6) is 0.557. The molecule has 4 nitrogen and oxygen atoms in total. The van der Waals surface area contributed by atoms with E-state index >= 15 is 0 Å². The summed E-state index contributed by atoms with van der Waals surface area (Å²) < 4.78 is 0. The maximum absolute atomic E-state index is 13.6. The molecule has 1 N–H and O–H groups in total. The molecule has 0 fully saturated rings. The van der Waals surface area contributed by atoms with Crippen LogP contribution in [0.4, 0.5) is 0 Å². The molecule has 0 aromatic heterocycles. The fourth-order valence-corrected chi connectivity index (χ4v) is 5.12. The van der Waals surface area contributed by atoms with Gasteiger partial charge in [0.1, 0.15) is 6.04 Å². The van der Waals surface area contributed by atoms with E-state index in [2.05, 4.69) is 5.32 Å². The van der Waals surface area contributed by atoms with E-state index in [1.165, 1.54) is 11.8 Å². The topological polar surface area (TPSA) is 49.4 Å². The number of nitrogens with one attached hydrogen (secondary N) is 1. The summed E-state index contributed by atoms with van der Waals surface area (Å²) in [7, 11) is 0. The summed E-state index contributed by atoms with van der Waals surface area (Å²) in [4.78, 5) is 28.6. The Morgan fingerprint density at radius 2 is 1.60 bits per heavy atom. The zero-order valence-corrected chi connectivity index (χ0v) is 22.2. The maximum atomic E-state index is 13.6. The van der Waals surface area contributed by atoms with E-state index in [1.54, 1.807) is 11.0 Å². The number of rotatable bonds is 11. The first-order valence-corrected chi connectivity index (χ1v) is 13.4. The van der Waals surface area contributed by atoms with Gasteiger partial charge in [-0.3, -0.25) is 9.59 Å². The highest BCUT2D eigenvalue weighted by atomic mass is 35.5. The first-order valence-electron chi connectivity index (χ1n) is 11.5. The number of thioether (sulfide) groups is 1. The lowest BCUT2D eigenvalue weighted by Crippen LogP contribution is -2.52. The Labute approximate surface area is 222 Å². The molecule has 0 bridgehead atoms. The standard InChI is InChI=1S/C28H30Cl2N2O2S/c1-20(2)31-28(34)26(16-21-9-4-3-5-10-21)32(17-22-11-8-13-24(29)15-22)27(33)19-35-18-23-12-6-7-14-25(23)30/h3-15,20,26H,16-19H2,1-2H3,(H,31,34)/t26-/m0/s1. The molecule has 0 spiro atoms. The molecule has 0 saturated heterocycles. The fourth-order valence-electron chi connectivity index (χ4n) is 3.71. The van der Waals surface area contributed by atoms with Crippen molar-refractivity contribution in [3.63, 3.8) is 0 Å². The van der Waals surface area contributed by atoms with E-state index in [-0.39, 0.29) is 30.2 Å². The number of halogens is 2. The van der Waals surface area contributed by atoms with Gasteiger partial charge in [-0.2, -0.15) is 0 Å². The molecular formula is C28H30Cl2N2O2S. The minimum Gasteiger partial charge on any atom is -0.352 e. The molecule has 0 saturated carbocycles. The van der Waals surface area contributed by atoms with Gasteiger partial charge in [0.2, 0.25) is 11.8 Å². The van der Waals surface area contributed by atoms with Crippen molar-refractivity contribution in [3.05, 3.63) is 106 Å². The summed E-state index contributed by atoms with van der Waals surface area (Å²) in [6.07, 6.45) is 0.418. The smallest absolute Gasteiger partial charge is 0.243 e. The van der Waals surface area contributed by atoms with Crippen LogP contribution in [0.1, 0.15) is 30.5 Å². The molecule has 3 aromatic rings. The van der Waals surface area contributed by atoms with E-state index < -0.39 is 6.04 Å². The monoisotopic (exact) mass is 528 g/mol. The van der Waals surface area contributed by atoms with Crippen LogP contribution in [0.15, 0.2) is 78.9 Å². The number of carbonyl (C=O) groups is 2. The summed E-state index contributed by atoms with van der Waals surface area (Å²) in [5, 5.41) is 4.28. The van der Waals surface area contributed by atoms with Crippen molar-refractivity contribution in [3.8, 4) is 0 Å². The molecule has 35 heavy (non-hydrogen) atoms. The number of nitrogens with zero attached hydrogens (tertiary/aromatic N) is 1. The highest BCUT2D eigenvalue weighted by Gasteiger charge is 2.30. The molecule has 0 radical (unpaired) electrons. The molecule has 1 atom stereocenters. The third-order valence-electron chi connectivity index (χ3n) is 5.38. The Kier molecular flexibility index (Phi) is 10.5. The lowest BCUT2D eigenvalue weighted by atomic mass is 10.0. The van der Waals surface area contributed by atoms with Crippen LogP contribution in [0.3, 0.4) is 0 Å². The summed E-state index contributed by atoms with van der Waals surface area (Å²) >= 11 is 14.0. The Balaban J connectivity index is 1.85. The molecule has 3 rings (SSSR count). The van der Waals surface area contributed by atoms with Gasteiger partial charge >= 0.3 is 0 Å². The van der Waals surface area contributed by atoms with Crippen LogP contribution in [0, 0.1) is 0 Å². The van der Waals surface area contributed by atoms with E-state index in [4.69, 9.17) is 23.2 Å². The van der Waals surface area contributed by atoms with Crippen LogP contribution in [0.25, 0.3) is 0 Å². The Hall–Kier alpha value is -2.47. The SMILES string of the molecule is CC(C)NC(=O)[C@H](Cc1ccccc1)N(Cc1cccc(Cl)c1)C(=O)CSCc1ccccc1Cl. The normalized spacial score (nSPS) is 11.8. The lowest BCUT2D eigenvalue weighted by Gasteiger charge is -2.32. The summed E-state index contributed by atoms with van der Waals surface area (Å²) in [6.45, 7) is 4.12. The van der Waals surface area contributed by atoms with Crippen LogP contribution in [0.2, 0.25) is 10.0 Å². The van der Waals surface area contributed by atoms with Gasteiger partial charge in [-0.15, -0.1) is 11.8 Å². The first kappa shape index (κ1) is 27.1.